The summed E-state index contributed by atoms with van der Waals surface area (Å²) in [4.78, 5) is 13.0. The van der Waals surface area contributed by atoms with Crippen LogP contribution in [0.4, 0.5) is 0 Å². The molecule has 0 radical (unpaired) electrons. The molecule has 2 heterocycles. The quantitative estimate of drug-likeness (QED) is 0.776. The van der Waals surface area contributed by atoms with Crippen LogP contribution in [0, 0.1) is 0 Å². The molecule has 108 valence electrons. The number of aromatic nitrogens is 2. The molecule has 0 spiro atoms. The van der Waals surface area contributed by atoms with Crippen LogP contribution in [0.25, 0.3) is 0 Å². The average molecular weight is 346 g/mol. The van der Waals surface area contributed by atoms with E-state index in [0.29, 0.717) is 5.75 Å². The molecule has 0 saturated heterocycles. The number of nitrogens with zero attached hydrogens (tertiary/aromatic N) is 2. The van der Waals surface area contributed by atoms with Gasteiger partial charge in [0.2, 0.25) is 5.91 Å². The van der Waals surface area contributed by atoms with Crippen molar-refractivity contribution in [2.24, 2.45) is 0 Å². The van der Waals surface area contributed by atoms with Crippen molar-refractivity contribution < 1.29 is 4.79 Å². The molecule has 0 saturated carbocycles. The second kappa shape index (κ2) is 8.02. The number of thiophene rings is 1. The Morgan fingerprint density at radius 1 is 1.40 bits per heavy atom. The third-order valence-electron chi connectivity index (χ3n) is 2.33. The number of hydrogen-bond donors (Lipinski definition) is 1. The first-order valence-corrected chi connectivity index (χ1v) is 9.77. The van der Waals surface area contributed by atoms with Gasteiger partial charge in [-0.25, -0.2) is 0 Å². The lowest BCUT2D eigenvalue weighted by Crippen LogP contribution is -2.27. The second-order valence-corrected chi connectivity index (χ2v) is 8.55. The highest BCUT2D eigenvalue weighted by Gasteiger charge is 2.12. The predicted molar refractivity (Wildman–Crippen MR) is 87.9 cm³/mol. The standard InChI is InChI=1S/C12H15N3OS4/c1-3-17-11-14-15-12(20-11)19-7-10(16)13-8(2)9-5-4-6-18-9/h4-6,8H,3,7H2,1-2H3,(H,13,16). The highest BCUT2D eigenvalue weighted by atomic mass is 32.2. The molecule has 1 atom stereocenters. The van der Waals surface area contributed by atoms with E-state index in [4.69, 9.17) is 0 Å². The van der Waals surface area contributed by atoms with Crippen molar-refractivity contribution in [2.45, 2.75) is 28.6 Å². The molecule has 0 aliphatic heterocycles. The van der Waals surface area contributed by atoms with Gasteiger partial charge in [-0.3, -0.25) is 4.79 Å². The van der Waals surface area contributed by atoms with E-state index >= 15 is 0 Å². The molecule has 1 N–H and O–H groups in total. The Morgan fingerprint density at radius 2 is 2.15 bits per heavy atom. The van der Waals surface area contributed by atoms with Gasteiger partial charge in [-0.1, -0.05) is 47.9 Å². The summed E-state index contributed by atoms with van der Waals surface area (Å²) in [6.07, 6.45) is 0. The number of amides is 1. The highest BCUT2D eigenvalue weighted by Crippen LogP contribution is 2.28. The Kier molecular flexibility index (Phi) is 6.34. The van der Waals surface area contributed by atoms with Crippen LogP contribution >= 0.6 is 46.2 Å². The first-order valence-electron chi connectivity index (χ1n) is 6.11. The van der Waals surface area contributed by atoms with E-state index in [9.17, 15) is 4.79 Å². The Labute approximate surface area is 134 Å². The smallest absolute Gasteiger partial charge is 0.230 e. The number of hydrogen-bond acceptors (Lipinski definition) is 7. The topological polar surface area (TPSA) is 54.9 Å². The summed E-state index contributed by atoms with van der Waals surface area (Å²) in [6.45, 7) is 4.08. The Hall–Kier alpha value is -0.570. The Balaban J connectivity index is 1.77. The fraction of sp³-hybridized carbons (Fsp3) is 0.417. The van der Waals surface area contributed by atoms with E-state index in [2.05, 4.69) is 22.4 Å². The monoisotopic (exact) mass is 345 g/mol. The maximum absolute atomic E-state index is 11.9. The van der Waals surface area contributed by atoms with Gasteiger partial charge in [0.05, 0.1) is 11.8 Å². The van der Waals surface area contributed by atoms with Crippen LogP contribution in [0.1, 0.15) is 24.8 Å². The lowest BCUT2D eigenvalue weighted by molar-refractivity contribution is -0.119. The Bertz CT molecular complexity index is 541. The first kappa shape index (κ1) is 15.8. The molecule has 20 heavy (non-hydrogen) atoms. The van der Waals surface area contributed by atoms with Gasteiger partial charge in [-0.2, -0.15) is 0 Å². The Morgan fingerprint density at radius 3 is 2.80 bits per heavy atom. The van der Waals surface area contributed by atoms with Crippen LogP contribution in [-0.2, 0) is 4.79 Å². The zero-order valence-corrected chi connectivity index (χ0v) is 14.4. The van der Waals surface area contributed by atoms with Crippen LogP contribution < -0.4 is 5.32 Å². The minimum atomic E-state index is 0.0239. The molecule has 0 aliphatic rings. The van der Waals surface area contributed by atoms with Gasteiger partial charge in [0.15, 0.2) is 8.68 Å². The first-order chi connectivity index (χ1) is 9.69. The average Bonchev–Trinajstić information content (AvgIpc) is 3.08. The van der Waals surface area contributed by atoms with Gasteiger partial charge in [0, 0.05) is 4.88 Å². The maximum atomic E-state index is 11.9. The summed E-state index contributed by atoms with van der Waals surface area (Å²) in [7, 11) is 0. The van der Waals surface area contributed by atoms with Crippen LogP contribution in [0.15, 0.2) is 26.2 Å². The zero-order valence-electron chi connectivity index (χ0n) is 11.2. The van der Waals surface area contributed by atoms with Gasteiger partial charge in [-0.05, 0) is 24.1 Å². The molecular weight excluding hydrogens is 330 g/mol. The van der Waals surface area contributed by atoms with E-state index in [1.165, 1.54) is 16.6 Å². The zero-order chi connectivity index (χ0) is 14.4. The minimum absolute atomic E-state index is 0.0239. The van der Waals surface area contributed by atoms with E-state index in [1.54, 1.807) is 34.4 Å². The third kappa shape index (κ3) is 4.76. The van der Waals surface area contributed by atoms with Crippen molar-refractivity contribution in [2.75, 3.05) is 11.5 Å². The molecule has 0 aliphatic carbocycles. The molecule has 0 bridgehead atoms. The number of thioether (sulfide) groups is 2. The summed E-state index contributed by atoms with van der Waals surface area (Å²) in [5.74, 6) is 1.38. The molecule has 4 nitrogen and oxygen atoms in total. The molecular formula is C12H15N3OS4. The van der Waals surface area contributed by atoms with Gasteiger partial charge in [0.1, 0.15) is 0 Å². The highest BCUT2D eigenvalue weighted by molar-refractivity contribution is 8.03. The van der Waals surface area contributed by atoms with Gasteiger partial charge >= 0.3 is 0 Å². The number of carbonyl (C=O) groups excluding carboxylic acids is 1. The summed E-state index contributed by atoms with van der Waals surface area (Å²) in [6, 6.07) is 4.08. The van der Waals surface area contributed by atoms with Gasteiger partial charge in [-0.15, -0.1) is 21.5 Å². The molecule has 0 aromatic carbocycles. The fourth-order valence-corrected chi connectivity index (χ4v) is 4.92. The largest absolute Gasteiger partial charge is 0.348 e. The van der Waals surface area contributed by atoms with Gasteiger partial charge in [0.25, 0.3) is 0 Å². The lowest BCUT2D eigenvalue weighted by atomic mass is 10.3. The van der Waals surface area contributed by atoms with Crippen molar-refractivity contribution in [1.82, 2.24) is 15.5 Å². The van der Waals surface area contributed by atoms with E-state index in [-0.39, 0.29) is 11.9 Å². The van der Waals surface area contributed by atoms with Crippen molar-refractivity contribution in [1.29, 1.82) is 0 Å². The van der Waals surface area contributed by atoms with Crippen molar-refractivity contribution >= 4 is 52.1 Å². The number of carbonyl (C=O) groups is 1. The summed E-state index contributed by atoms with van der Waals surface area (Å²) in [5, 5.41) is 13.1. The van der Waals surface area contributed by atoms with Gasteiger partial charge < -0.3 is 5.32 Å². The number of rotatable bonds is 7. The maximum Gasteiger partial charge on any atom is 0.230 e. The fourth-order valence-electron chi connectivity index (χ4n) is 1.46. The molecule has 0 fully saturated rings. The van der Waals surface area contributed by atoms with Crippen LogP contribution in [0.5, 0.6) is 0 Å². The van der Waals surface area contributed by atoms with Crippen LogP contribution in [-0.4, -0.2) is 27.6 Å². The summed E-state index contributed by atoms with van der Waals surface area (Å²) < 4.78 is 1.81. The molecule has 1 unspecified atom stereocenters. The molecule has 2 rings (SSSR count). The number of nitrogens with one attached hydrogen (secondary N) is 1. The third-order valence-corrected chi connectivity index (χ3v) is 6.46. The SMILES string of the molecule is CCSc1nnc(SCC(=O)NC(C)c2cccs2)s1. The van der Waals surface area contributed by atoms with Crippen LogP contribution in [0.3, 0.4) is 0 Å². The normalized spacial score (nSPS) is 12.3. The molecule has 1 amide bonds. The lowest BCUT2D eigenvalue weighted by Gasteiger charge is -2.11. The molecule has 2 aromatic rings. The van der Waals surface area contributed by atoms with Crippen molar-refractivity contribution in [3.63, 3.8) is 0 Å². The molecule has 2 aromatic heterocycles. The second-order valence-electron chi connectivity index (χ2n) is 3.86. The van der Waals surface area contributed by atoms with E-state index in [1.807, 2.05) is 24.4 Å². The summed E-state index contributed by atoms with van der Waals surface area (Å²) in [5.41, 5.74) is 0. The molecule has 8 heteroatoms. The van der Waals surface area contributed by atoms with Crippen molar-refractivity contribution in [3.8, 4) is 0 Å². The van der Waals surface area contributed by atoms with E-state index in [0.717, 1.165) is 14.4 Å². The van der Waals surface area contributed by atoms with E-state index < -0.39 is 0 Å². The predicted octanol–water partition coefficient (Wildman–Crippen LogP) is 3.68. The van der Waals surface area contributed by atoms with Crippen molar-refractivity contribution in [3.05, 3.63) is 22.4 Å². The summed E-state index contributed by atoms with van der Waals surface area (Å²) >= 11 is 6.30. The minimum Gasteiger partial charge on any atom is -0.348 e. The van der Waals surface area contributed by atoms with Crippen LogP contribution in [0.2, 0.25) is 0 Å².